The van der Waals surface area contributed by atoms with Crippen molar-refractivity contribution >= 4 is 16.7 Å². The highest BCUT2D eigenvalue weighted by Gasteiger charge is 2.36. The first-order chi connectivity index (χ1) is 10.9. The normalized spacial score (nSPS) is 11.7. The number of hydrogen-bond donors (Lipinski definition) is 0. The second kappa shape index (κ2) is 7.02. The van der Waals surface area contributed by atoms with Crippen LogP contribution < -0.4 is 9.64 Å². The fraction of sp³-hybridized carbons (Fsp3) is 0.500. The zero-order valence-corrected chi connectivity index (χ0v) is 13.4. The van der Waals surface area contributed by atoms with Crippen molar-refractivity contribution in [2.24, 2.45) is 0 Å². The second-order valence-electron chi connectivity index (χ2n) is 5.24. The molecule has 0 atom stereocenters. The Morgan fingerprint density at radius 2 is 1.74 bits per heavy atom. The predicted molar refractivity (Wildman–Crippen MR) is 83.9 cm³/mol. The van der Waals surface area contributed by atoms with Crippen molar-refractivity contribution in [1.29, 1.82) is 0 Å². The fourth-order valence-electron chi connectivity index (χ4n) is 2.45. The average molecular weight is 327 g/mol. The van der Waals surface area contributed by atoms with Crippen molar-refractivity contribution in [3.8, 4) is 5.75 Å². The molecule has 0 aliphatic heterocycles. The molecule has 23 heavy (non-hydrogen) atoms. The molecular formula is C16H20F3N3O. The Morgan fingerprint density at radius 1 is 1.09 bits per heavy atom. The monoisotopic (exact) mass is 327 g/mol. The summed E-state index contributed by atoms with van der Waals surface area (Å²) in [7, 11) is 1.47. The first kappa shape index (κ1) is 17.3. The molecule has 0 saturated carbocycles. The van der Waals surface area contributed by atoms with E-state index in [1.54, 1.807) is 12.1 Å². The summed E-state index contributed by atoms with van der Waals surface area (Å²) in [5, 5.41) is 0.598. The minimum Gasteiger partial charge on any atom is -0.497 e. The standard InChI is InChI=1S/C16H20F3N3O/c1-4-8-22(9-5-2)14-12-7-6-11(23-3)10-13(12)20-15(21-14)16(17,18)19/h6-7,10H,4-5,8-9H2,1-3H3. The molecular weight excluding hydrogens is 307 g/mol. The number of fused-ring (bicyclic) bond motifs is 1. The van der Waals surface area contributed by atoms with E-state index in [4.69, 9.17) is 4.74 Å². The summed E-state index contributed by atoms with van der Waals surface area (Å²) in [6, 6.07) is 4.92. The van der Waals surface area contributed by atoms with Gasteiger partial charge in [-0.1, -0.05) is 13.8 Å². The molecule has 0 aliphatic rings. The molecule has 1 aromatic heterocycles. The van der Waals surface area contributed by atoms with Gasteiger partial charge in [-0.3, -0.25) is 0 Å². The third-order valence-electron chi connectivity index (χ3n) is 3.42. The minimum atomic E-state index is -4.59. The van der Waals surface area contributed by atoms with E-state index >= 15 is 0 Å². The summed E-state index contributed by atoms with van der Waals surface area (Å²) in [4.78, 5) is 9.37. The van der Waals surface area contributed by atoms with E-state index in [0.717, 1.165) is 12.8 Å². The Kier molecular flexibility index (Phi) is 5.28. The fourth-order valence-corrected chi connectivity index (χ4v) is 2.45. The zero-order chi connectivity index (χ0) is 17.0. The molecule has 0 saturated heterocycles. The number of alkyl halides is 3. The van der Waals surface area contributed by atoms with E-state index in [1.807, 2.05) is 18.7 Å². The van der Waals surface area contributed by atoms with Gasteiger partial charge >= 0.3 is 6.18 Å². The van der Waals surface area contributed by atoms with Gasteiger partial charge in [0.2, 0.25) is 5.82 Å². The Hall–Kier alpha value is -2.05. The molecule has 0 aliphatic carbocycles. The number of aromatic nitrogens is 2. The lowest BCUT2D eigenvalue weighted by Gasteiger charge is -2.24. The molecule has 0 unspecified atom stereocenters. The Labute approximate surface area is 133 Å². The topological polar surface area (TPSA) is 38.2 Å². The highest BCUT2D eigenvalue weighted by Crippen LogP contribution is 2.33. The lowest BCUT2D eigenvalue weighted by molar-refractivity contribution is -0.144. The molecule has 126 valence electrons. The molecule has 0 spiro atoms. The van der Waals surface area contributed by atoms with Gasteiger partial charge in [0.05, 0.1) is 12.6 Å². The van der Waals surface area contributed by atoms with Crippen molar-refractivity contribution < 1.29 is 17.9 Å². The molecule has 7 heteroatoms. The summed E-state index contributed by atoms with van der Waals surface area (Å²) in [5.74, 6) is -0.327. The number of halogens is 3. The molecule has 0 N–H and O–H groups in total. The van der Waals surface area contributed by atoms with Crippen LogP contribution in [-0.2, 0) is 6.18 Å². The van der Waals surface area contributed by atoms with E-state index in [9.17, 15) is 13.2 Å². The number of nitrogens with zero attached hydrogens (tertiary/aromatic N) is 3. The first-order valence-electron chi connectivity index (χ1n) is 7.58. The number of benzene rings is 1. The van der Waals surface area contributed by atoms with Gasteiger partial charge in [-0.2, -0.15) is 13.2 Å². The van der Waals surface area contributed by atoms with Gasteiger partial charge in [-0.25, -0.2) is 9.97 Å². The maximum absolute atomic E-state index is 13.1. The molecule has 4 nitrogen and oxygen atoms in total. The lowest BCUT2D eigenvalue weighted by Crippen LogP contribution is -2.27. The van der Waals surface area contributed by atoms with Crippen LogP contribution in [0.15, 0.2) is 18.2 Å². The average Bonchev–Trinajstić information content (AvgIpc) is 2.52. The smallest absolute Gasteiger partial charge is 0.451 e. The van der Waals surface area contributed by atoms with Gasteiger partial charge in [0, 0.05) is 24.5 Å². The molecule has 2 rings (SSSR count). The third kappa shape index (κ3) is 3.83. The molecule has 0 fully saturated rings. The lowest BCUT2D eigenvalue weighted by atomic mass is 10.2. The Bertz CT molecular complexity index is 667. The van der Waals surface area contributed by atoms with E-state index < -0.39 is 12.0 Å². The summed E-state index contributed by atoms with van der Waals surface area (Å²) in [6.45, 7) is 5.26. The third-order valence-corrected chi connectivity index (χ3v) is 3.42. The van der Waals surface area contributed by atoms with Gasteiger partial charge in [-0.05, 0) is 25.0 Å². The van der Waals surface area contributed by atoms with Crippen LogP contribution in [0.25, 0.3) is 10.9 Å². The summed E-state index contributed by atoms with van der Waals surface area (Å²) < 4.78 is 44.5. The van der Waals surface area contributed by atoms with Crippen LogP contribution in [0.5, 0.6) is 5.75 Å². The van der Waals surface area contributed by atoms with Crippen molar-refractivity contribution in [3.63, 3.8) is 0 Å². The highest BCUT2D eigenvalue weighted by atomic mass is 19.4. The van der Waals surface area contributed by atoms with Gasteiger partial charge in [-0.15, -0.1) is 0 Å². The maximum atomic E-state index is 13.1. The molecule has 0 radical (unpaired) electrons. The summed E-state index contributed by atoms with van der Waals surface area (Å²) in [6.07, 6.45) is -2.94. The highest BCUT2D eigenvalue weighted by molar-refractivity contribution is 5.90. The number of rotatable bonds is 6. The Morgan fingerprint density at radius 3 is 2.26 bits per heavy atom. The SMILES string of the molecule is CCCN(CCC)c1nc(C(F)(F)F)nc2cc(OC)ccc12. The summed E-state index contributed by atoms with van der Waals surface area (Å²) in [5.41, 5.74) is 0.235. The van der Waals surface area contributed by atoms with E-state index in [-0.39, 0.29) is 5.52 Å². The van der Waals surface area contributed by atoms with Crippen LogP contribution in [0.3, 0.4) is 0 Å². The minimum absolute atomic E-state index is 0.235. The van der Waals surface area contributed by atoms with Crippen molar-refractivity contribution in [2.75, 3.05) is 25.1 Å². The summed E-state index contributed by atoms with van der Waals surface area (Å²) >= 11 is 0. The second-order valence-corrected chi connectivity index (χ2v) is 5.24. The maximum Gasteiger partial charge on any atom is 0.451 e. The number of anilines is 1. The van der Waals surface area contributed by atoms with E-state index in [0.29, 0.717) is 30.0 Å². The van der Waals surface area contributed by atoms with Crippen LogP contribution >= 0.6 is 0 Å². The van der Waals surface area contributed by atoms with Crippen molar-refractivity contribution in [3.05, 3.63) is 24.0 Å². The van der Waals surface area contributed by atoms with Crippen LogP contribution in [0, 0.1) is 0 Å². The molecule has 0 bridgehead atoms. The van der Waals surface area contributed by atoms with Gasteiger partial charge in [0.1, 0.15) is 11.6 Å². The molecule has 2 aromatic rings. The molecule has 1 heterocycles. The Balaban J connectivity index is 2.68. The van der Waals surface area contributed by atoms with Gasteiger partial charge in [0.15, 0.2) is 0 Å². The van der Waals surface area contributed by atoms with Gasteiger partial charge in [0.25, 0.3) is 0 Å². The van der Waals surface area contributed by atoms with Crippen molar-refractivity contribution in [2.45, 2.75) is 32.9 Å². The van der Waals surface area contributed by atoms with E-state index in [1.165, 1.54) is 13.2 Å². The largest absolute Gasteiger partial charge is 0.497 e. The number of hydrogen-bond acceptors (Lipinski definition) is 4. The van der Waals surface area contributed by atoms with Crippen LogP contribution in [0.2, 0.25) is 0 Å². The van der Waals surface area contributed by atoms with Gasteiger partial charge < -0.3 is 9.64 Å². The molecule has 1 aromatic carbocycles. The quantitative estimate of drug-likeness (QED) is 0.793. The predicted octanol–water partition coefficient (Wildman–Crippen LogP) is 4.28. The van der Waals surface area contributed by atoms with Crippen LogP contribution in [0.1, 0.15) is 32.5 Å². The number of ether oxygens (including phenoxy) is 1. The van der Waals surface area contributed by atoms with Crippen molar-refractivity contribution in [1.82, 2.24) is 9.97 Å². The zero-order valence-electron chi connectivity index (χ0n) is 13.4. The van der Waals surface area contributed by atoms with Crippen LogP contribution in [-0.4, -0.2) is 30.2 Å². The van der Waals surface area contributed by atoms with Crippen LogP contribution in [0.4, 0.5) is 19.0 Å². The first-order valence-corrected chi connectivity index (χ1v) is 7.58. The van der Waals surface area contributed by atoms with E-state index in [2.05, 4.69) is 9.97 Å². The number of methoxy groups -OCH3 is 1. The molecule has 0 amide bonds.